The highest BCUT2D eigenvalue weighted by Crippen LogP contribution is 2.34. The van der Waals surface area contributed by atoms with Gasteiger partial charge in [0.1, 0.15) is 23.0 Å². The van der Waals surface area contributed by atoms with Crippen molar-refractivity contribution in [3.63, 3.8) is 0 Å². The Kier molecular flexibility index (Phi) is 8.67. The van der Waals surface area contributed by atoms with E-state index in [4.69, 9.17) is 18.9 Å². The summed E-state index contributed by atoms with van der Waals surface area (Å²) in [5.41, 5.74) is -1.53. The van der Waals surface area contributed by atoms with E-state index in [1.54, 1.807) is 126 Å². The molecule has 2 N–H and O–H groups in total. The quantitative estimate of drug-likeness (QED) is 0.313. The SMILES string of the molecule is COc1cccc(C(O)(C#CC#CC(O)(c2cccc(OC)c2)c2cccc(OC)c2)c2cccc(OC)c2)c1. The summed E-state index contributed by atoms with van der Waals surface area (Å²) in [5, 5.41) is 23.9. The van der Waals surface area contributed by atoms with E-state index in [1.807, 2.05) is 0 Å². The van der Waals surface area contributed by atoms with Crippen molar-refractivity contribution in [2.75, 3.05) is 28.4 Å². The molecule has 0 aliphatic rings. The molecule has 6 nitrogen and oxygen atoms in total. The molecule has 0 heterocycles. The predicted octanol–water partition coefficient (Wildman–Crippen LogP) is 4.90. The predicted molar refractivity (Wildman–Crippen MR) is 154 cm³/mol. The highest BCUT2D eigenvalue weighted by molar-refractivity contribution is 5.53. The Balaban J connectivity index is 1.86. The van der Waals surface area contributed by atoms with Crippen LogP contribution in [0.3, 0.4) is 0 Å². The molecule has 0 radical (unpaired) electrons. The molecule has 0 atom stereocenters. The first-order chi connectivity index (χ1) is 19.4. The van der Waals surface area contributed by atoms with Crippen molar-refractivity contribution >= 4 is 0 Å². The summed E-state index contributed by atoms with van der Waals surface area (Å²) in [4.78, 5) is 0. The molecule has 40 heavy (non-hydrogen) atoms. The minimum absolute atomic E-state index is 0.491. The van der Waals surface area contributed by atoms with Gasteiger partial charge in [-0.15, -0.1) is 0 Å². The largest absolute Gasteiger partial charge is 0.497 e. The van der Waals surface area contributed by atoms with Gasteiger partial charge in [0, 0.05) is 22.3 Å². The van der Waals surface area contributed by atoms with Gasteiger partial charge in [0.05, 0.1) is 28.4 Å². The van der Waals surface area contributed by atoms with Gasteiger partial charge in [-0.3, -0.25) is 0 Å². The number of hydrogen-bond donors (Lipinski definition) is 2. The molecule has 4 aromatic rings. The van der Waals surface area contributed by atoms with Gasteiger partial charge in [-0.2, -0.15) is 0 Å². The summed E-state index contributed by atoms with van der Waals surface area (Å²) in [6.45, 7) is 0. The van der Waals surface area contributed by atoms with Crippen LogP contribution in [0.1, 0.15) is 22.3 Å². The molecular weight excluding hydrogens is 504 g/mol. The van der Waals surface area contributed by atoms with Crippen LogP contribution >= 0.6 is 0 Å². The molecule has 0 bridgehead atoms. The Hall–Kier alpha value is -4.88. The summed E-state index contributed by atoms with van der Waals surface area (Å²) in [7, 11) is 6.22. The average molecular weight is 535 g/mol. The van der Waals surface area contributed by atoms with Crippen molar-refractivity contribution in [3.05, 3.63) is 119 Å². The highest BCUT2D eigenvalue weighted by atomic mass is 16.5. The van der Waals surface area contributed by atoms with E-state index in [0.29, 0.717) is 45.3 Å². The summed E-state index contributed by atoms with van der Waals surface area (Å²) in [6.07, 6.45) is 0. The monoisotopic (exact) mass is 534 g/mol. The van der Waals surface area contributed by atoms with Crippen molar-refractivity contribution in [2.24, 2.45) is 0 Å². The van der Waals surface area contributed by atoms with Crippen molar-refractivity contribution < 1.29 is 29.2 Å². The molecular formula is C34H30O6. The first kappa shape index (κ1) is 28.1. The van der Waals surface area contributed by atoms with E-state index in [-0.39, 0.29) is 0 Å². The summed E-state index contributed by atoms with van der Waals surface area (Å²) in [6, 6.07) is 28.1. The lowest BCUT2D eigenvalue weighted by Crippen LogP contribution is -2.26. The summed E-state index contributed by atoms with van der Waals surface area (Å²) < 4.78 is 21.5. The van der Waals surface area contributed by atoms with E-state index in [9.17, 15) is 10.2 Å². The zero-order valence-electron chi connectivity index (χ0n) is 22.8. The summed E-state index contributed by atoms with van der Waals surface area (Å²) >= 11 is 0. The van der Waals surface area contributed by atoms with E-state index >= 15 is 0 Å². The van der Waals surface area contributed by atoms with Gasteiger partial charge in [0.25, 0.3) is 0 Å². The van der Waals surface area contributed by atoms with Crippen LogP contribution in [0.15, 0.2) is 97.1 Å². The van der Waals surface area contributed by atoms with Crippen LogP contribution in [0, 0.1) is 23.7 Å². The van der Waals surface area contributed by atoms with Crippen LogP contribution in [0.2, 0.25) is 0 Å². The molecule has 6 heteroatoms. The zero-order valence-corrected chi connectivity index (χ0v) is 22.8. The average Bonchev–Trinajstić information content (AvgIpc) is 3.02. The zero-order chi connectivity index (χ0) is 28.6. The van der Waals surface area contributed by atoms with Crippen LogP contribution in [-0.2, 0) is 11.2 Å². The number of ether oxygens (including phenoxy) is 4. The summed E-state index contributed by atoms with van der Waals surface area (Å²) in [5.74, 6) is 13.7. The lowest BCUT2D eigenvalue weighted by molar-refractivity contribution is 0.143. The Morgan fingerprint density at radius 1 is 0.450 bits per heavy atom. The molecule has 0 amide bonds. The normalized spacial score (nSPS) is 10.8. The van der Waals surface area contributed by atoms with Gasteiger partial charge < -0.3 is 29.2 Å². The van der Waals surface area contributed by atoms with E-state index in [0.717, 1.165) is 0 Å². The molecule has 202 valence electrons. The third kappa shape index (κ3) is 5.90. The number of hydrogen-bond acceptors (Lipinski definition) is 6. The fraction of sp³-hybridized carbons (Fsp3) is 0.176. The fourth-order valence-electron chi connectivity index (χ4n) is 4.26. The third-order valence-corrected chi connectivity index (χ3v) is 6.50. The minimum Gasteiger partial charge on any atom is -0.497 e. The van der Waals surface area contributed by atoms with Crippen molar-refractivity contribution in [1.29, 1.82) is 0 Å². The second kappa shape index (κ2) is 12.3. The standard InChI is InChI=1S/C34H30O6/c1-37-29-15-7-11-25(21-29)33(35,26-12-8-16-30(22-26)38-2)19-5-6-20-34(36,27-13-9-17-31(23-27)39-3)28-14-10-18-32(24-28)40-4/h7-18,21-24,35-36H,1-4H3. The highest BCUT2D eigenvalue weighted by Gasteiger charge is 2.32. The maximum atomic E-state index is 11.9. The Morgan fingerprint density at radius 2 is 0.700 bits per heavy atom. The van der Waals surface area contributed by atoms with Gasteiger partial charge in [-0.05, 0) is 72.2 Å². The van der Waals surface area contributed by atoms with Crippen LogP contribution in [-0.4, -0.2) is 38.7 Å². The molecule has 0 aliphatic carbocycles. The molecule has 0 saturated carbocycles. The first-order valence-electron chi connectivity index (χ1n) is 12.4. The third-order valence-electron chi connectivity index (χ3n) is 6.50. The smallest absolute Gasteiger partial charge is 0.178 e. The van der Waals surface area contributed by atoms with Gasteiger partial charge in [0.15, 0.2) is 11.2 Å². The van der Waals surface area contributed by atoms with Crippen LogP contribution in [0.25, 0.3) is 0 Å². The second-order valence-corrected chi connectivity index (χ2v) is 8.85. The number of rotatable bonds is 8. The van der Waals surface area contributed by atoms with Crippen LogP contribution in [0.5, 0.6) is 23.0 Å². The maximum absolute atomic E-state index is 11.9. The van der Waals surface area contributed by atoms with Gasteiger partial charge >= 0.3 is 0 Å². The Labute approximate surface area is 234 Å². The molecule has 4 rings (SSSR count). The Bertz CT molecular complexity index is 1390. The maximum Gasteiger partial charge on any atom is 0.178 e. The molecule has 0 unspecified atom stereocenters. The van der Waals surface area contributed by atoms with Crippen LogP contribution < -0.4 is 18.9 Å². The lowest BCUT2D eigenvalue weighted by atomic mass is 9.86. The second-order valence-electron chi connectivity index (χ2n) is 8.85. The molecule has 0 aliphatic heterocycles. The van der Waals surface area contributed by atoms with E-state index in [1.165, 1.54) is 0 Å². The molecule has 0 fully saturated rings. The Morgan fingerprint density at radius 3 is 0.925 bits per heavy atom. The van der Waals surface area contributed by atoms with Crippen molar-refractivity contribution in [2.45, 2.75) is 11.2 Å². The van der Waals surface area contributed by atoms with Crippen LogP contribution in [0.4, 0.5) is 0 Å². The molecule has 0 saturated heterocycles. The van der Waals surface area contributed by atoms with Gasteiger partial charge in [0.2, 0.25) is 0 Å². The van der Waals surface area contributed by atoms with Gasteiger partial charge in [-0.1, -0.05) is 48.5 Å². The fourth-order valence-corrected chi connectivity index (χ4v) is 4.26. The molecule has 0 aromatic heterocycles. The number of methoxy groups -OCH3 is 4. The number of aliphatic hydroxyl groups is 2. The lowest BCUT2D eigenvalue weighted by Gasteiger charge is -2.24. The minimum atomic E-state index is -1.75. The molecule has 4 aromatic carbocycles. The topological polar surface area (TPSA) is 77.4 Å². The van der Waals surface area contributed by atoms with E-state index < -0.39 is 11.2 Å². The number of benzene rings is 4. The first-order valence-corrected chi connectivity index (χ1v) is 12.4. The molecule has 0 spiro atoms. The van der Waals surface area contributed by atoms with Crippen molar-refractivity contribution in [1.82, 2.24) is 0 Å². The van der Waals surface area contributed by atoms with Crippen molar-refractivity contribution in [3.8, 4) is 46.7 Å². The van der Waals surface area contributed by atoms with Gasteiger partial charge in [-0.25, -0.2) is 0 Å². The van der Waals surface area contributed by atoms with E-state index in [2.05, 4.69) is 23.7 Å².